The molecular weight excluding hydrogens is 845 g/mol. The predicted molar refractivity (Wildman–Crippen MR) is 205 cm³/mol. The van der Waals surface area contributed by atoms with Crippen molar-refractivity contribution in [3.05, 3.63) is 130 Å². The summed E-state index contributed by atoms with van der Waals surface area (Å²) in [6.45, 7) is 2.56. The van der Waals surface area contributed by atoms with Crippen LogP contribution in [-0.4, -0.2) is 86.1 Å². The molecule has 305 valence electrons. The van der Waals surface area contributed by atoms with E-state index in [0.29, 0.717) is 27.9 Å². The van der Waals surface area contributed by atoms with Gasteiger partial charge in [0.2, 0.25) is 5.91 Å². The molecule has 13 nitrogen and oxygen atoms in total. The maximum atomic E-state index is 14.1. The summed E-state index contributed by atoms with van der Waals surface area (Å²) in [5, 5.41) is 40.1. The van der Waals surface area contributed by atoms with Crippen molar-refractivity contribution in [2.45, 2.75) is 38.3 Å². The minimum atomic E-state index is -1.22. The molecular formula is C41H33AsF4N3O10. The second-order valence-corrected chi connectivity index (χ2v) is 15.7. The van der Waals surface area contributed by atoms with Crippen LogP contribution in [0.25, 0.3) is 21.8 Å². The Labute approximate surface area is 338 Å². The molecule has 0 bridgehead atoms. The Morgan fingerprint density at radius 2 is 1.05 bits per heavy atom. The maximum absolute atomic E-state index is 14.1. The van der Waals surface area contributed by atoms with Gasteiger partial charge in [0.1, 0.15) is 12.4 Å². The van der Waals surface area contributed by atoms with Crippen LogP contribution < -0.4 is 5.32 Å². The van der Waals surface area contributed by atoms with Gasteiger partial charge in [-0.05, 0) is 42.8 Å². The molecule has 0 atom stereocenters. The van der Waals surface area contributed by atoms with Gasteiger partial charge in [-0.15, -0.1) is 0 Å². The van der Waals surface area contributed by atoms with E-state index in [2.05, 4.69) is 5.32 Å². The first-order valence-electron chi connectivity index (χ1n) is 17.4. The number of nitrogens with zero attached hydrogens (tertiary/aromatic N) is 2. The van der Waals surface area contributed by atoms with Gasteiger partial charge in [0.25, 0.3) is 5.91 Å². The molecule has 2 aromatic heterocycles. The number of carboxylic acid groups (broad SMARTS) is 2. The van der Waals surface area contributed by atoms with Crippen molar-refractivity contribution >= 4 is 71.8 Å². The first kappa shape index (κ1) is 43.4. The van der Waals surface area contributed by atoms with Crippen molar-refractivity contribution in [1.29, 1.82) is 0 Å². The van der Waals surface area contributed by atoms with Gasteiger partial charge in [-0.3, -0.25) is 19.0 Å². The van der Waals surface area contributed by atoms with Gasteiger partial charge in [-0.1, -0.05) is 0 Å². The average molecular weight is 879 g/mol. The molecule has 2 heterocycles. The molecule has 0 aliphatic heterocycles. The van der Waals surface area contributed by atoms with Crippen LogP contribution in [0.4, 0.5) is 17.6 Å². The molecule has 6 rings (SSSR count). The second-order valence-electron chi connectivity index (χ2n) is 13.0. The quantitative estimate of drug-likeness (QED) is 0.0755. The molecule has 0 aliphatic carbocycles. The number of aromatic hydroxyl groups is 2. The molecule has 4 aromatic carbocycles. The number of carbonyl (C=O) groups excluding carboxylic acids is 4. The fraction of sp³-hybridized carbons (Fsp3) is 0.171. The van der Waals surface area contributed by atoms with E-state index in [9.17, 15) is 56.5 Å². The van der Waals surface area contributed by atoms with Crippen LogP contribution >= 0.6 is 0 Å². The third-order valence-corrected chi connectivity index (χ3v) is 11.1. The van der Waals surface area contributed by atoms with E-state index < -0.39 is 86.7 Å². The Bertz CT molecular complexity index is 2660. The number of phenolic OH excluding ortho intramolecular Hbond substituents is 2. The number of benzene rings is 4. The Morgan fingerprint density at radius 3 is 1.46 bits per heavy atom. The molecule has 6 aromatic rings. The fourth-order valence-electron chi connectivity index (χ4n) is 6.27. The topological polar surface area (TPSA) is 205 Å². The molecule has 1 radical (unpaired) electrons. The van der Waals surface area contributed by atoms with Crippen LogP contribution in [0.2, 0.25) is 5.21 Å². The van der Waals surface area contributed by atoms with E-state index in [4.69, 9.17) is 10.2 Å². The number of rotatable bonds is 12. The van der Waals surface area contributed by atoms with Crippen LogP contribution in [0.3, 0.4) is 0 Å². The van der Waals surface area contributed by atoms with Crippen LogP contribution in [0.1, 0.15) is 49.7 Å². The minimum absolute atomic E-state index is 0.0588. The summed E-state index contributed by atoms with van der Waals surface area (Å²) in [6, 6.07) is 13.9. The number of amides is 1. The zero-order valence-electron chi connectivity index (χ0n) is 31.1. The van der Waals surface area contributed by atoms with Crippen molar-refractivity contribution in [2.24, 2.45) is 0 Å². The molecule has 5 N–H and O–H groups in total. The number of carboxylic acids is 2. The number of phenols is 2. The number of halogens is 4. The normalized spacial score (nSPS) is 11.2. The van der Waals surface area contributed by atoms with E-state index in [1.165, 1.54) is 46.4 Å². The predicted octanol–water partition coefficient (Wildman–Crippen LogP) is 5.65. The second kappa shape index (κ2) is 18.2. The van der Waals surface area contributed by atoms with Gasteiger partial charge in [0.05, 0.1) is 11.9 Å². The van der Waals surface area contributed by atoms with Gasteiger partial charge in [-0.25, -0.2) is 8.78 Å². The fourth-order valence-corrected chi connectivity index (χ4v) is 8.00. The SMILES string of the molecule is Cc1c(CC(=O)NCC(=O)O)c2cc(O)c(F)cc2n1C(=O)c1ccc(F)cc1.Cc1c(CC(=O)[As]CCC(=O)O)c2cc(O)c(F)cc2n1C(=O)c1ccc(F)cc1. The molecule has 1 amide bonds. The summed E-state index contributed by atoms with van der Waals surface area (Å²) in [5.41, 5.74) is 2.12. The van der Waals surface area contributed by atoms with Crippen molar-refractivity contribution in [2.75, 3.05) is 6.54 Å². The number of aliphatic carboxylic acids is 2. The first-order valence-corrected chi connectivity index (χ1v) is 19.7. The number of fused-ring (bicyclic) bond motifs is 2. The molecule has 0 aliphatic rings. The van der Waals surface area contributed by atoms with E-state index in [1.54, 1.807) is 6.92 Å². The summed E-state index contributed by atoms with van der Waals surface area (Å²) >= 11 is -0.870. The van der Waals surface area contributed by atoms with Gasteiger partial charge >= 0.3 is 183 Å². The van der Waals surface area contributed by atoms with E-state index in [0.717, 1.165) is 42.5 Å². The Morgan fingerprint density at radius 1 is 0.627 bits per heavy atom. The number of carbonyl (C=O) groups is 6. The molecule has 18 heteroatoms. The third-order valence-electron chi connectivity index (χ3n) is 9.11. The number of nitrogens with one attached hydrogen (secondary N) is 1. The van der Waals surface area contributed by atoms with Gasteiger partial charge < -0.3 is 15.5 Å². The van der Waals surface area contributed by atoms with Crippen LogP contribution in [-0.2, 0) is 32.0 Å². The number of hydrogen-bond donors (Lipinski definition) is 5. The zero-order valence-corrected chi connectivity index (χ0v) is 32.9. The standard InChI is InChI=1S/C21H17AsF2NO5.C20H16F2N2O5/c1-11-14(9-19(27)22-7-6-20(28)29)15-8-18(26)16(24)10-17(15)25(11)21(30)12-2-4-13(23)5-3-12;1-10-13(7-18(26)23-9-19(27)28)14-6-17(25)15(22)8-16(14)24(10)20(29)11-2-4-12(21)5-3-11/h2-5,8,10,26H,6-7,9H2,1H3,(H,28,29);2-6,8,25H,7,9H2,1H3,(H,23,26)(H,27,28). The first-order chi connectivity index (χ1) is 27.9. The summed E-state index contributed by atoms with van der Waals surface area (Å²) in [5.74, 6) is -8.08. The Balaban J connectivity index is 0.000000224. The van der Waals surface area contributed by atoms with Crippen LogP contribution in [0, 0.1) is 37.1 Å². The van der Waals surface area contributed by atoms with Gasteiger partial charge in [-0.2, -0.15) is 0 Å². The van der Waals surface area contributed by atoms with Gasteiger partial charge in [0, 0.05) is 22.7 Å². The number of aromatic nitrogens is 2. The van der Waals surface area contributed by atoms with E-state index in [-0.39, 0.29) is 56.6 Å². The Hall–Kier alpha value is -6.74. The summed E-state index contributed by atoms with van der Waals surface area (Å²) in [4.78, 5) is 71.8. The van der Waals surface area contributed by atoms with Crippen molar-refractivity contribution in [3.63, 3.8) is 0 Å². The summed E-state index contributed by atoms with van der Waals surface area (Å²) in [7, 11) is 0. The Kier molecular flexibility index (Phi) is 13.4. The van der Waals surface area contributed by atoms with Crippen molar-refractivity contribution < 1.29 is 66.8 Å². The van der Waals surface area contributed by atoms with E-state index in [1.807, 2.05) is 0 Å². The zero-order chi connectivity index (χ0) is 43.3. The van der Waals surface area contributed by atoms with Gasteiger partial charge in [0.15, 0.2) is 11.6 Å². The number of hydrogen-bond acceptors (Lipinski definition) is 8. The van der Waals surface area contributed by atoms with Crippen molar-refractivity contribution in [1.82, 2.24) is 14.5 Å². The van der Waals surface area contributed by atoms with E-state index >= 15 is 0 Å². The van der Waals surface area contributed by atoms with Crippen LogP contribution in [0.15, 0.2) is 72.8 Å². The summed E-state index contributed by atoms with van der Waals surface area (Å²) < 4.78 is 56.7. The molecule has 0 spiro atoms. The average Bonchev–Trinajstić information content (AvgIpc) is 3.58. The molecule has 0 fully saturated rings. The monoisotopic (exact) mass is 878 g/mol. The molecule has 0 saturated carbocycles. The molecule has 0 unspecified atom stereocenters. The van der Waals surface area contributed by atoms with Crippen molar-refractivity contribution in [3.8, 4) is 11.5 Å². The molecule has 0 saturated heterocycles. The third kappa shape index (κ3) is 9.87. The van der Waals surface area contributed by atoms with Crippen LogP contribution in [0.5, 0.6) is 11.5 Å². The molecule has 59 heavy (non-hydrogen) atoms. The summed E-state index contributed by atoms with van der Waals surface area (Å²) in [6.07, 6.45) is -0.442.